The number of aliphatic hydroxyl groups excluding tert-OH is 1. The molecule has 0 amide bonds. The van der Waals surface area contributed by atoms with Crippen LogP contribution in [0.3, 0.4) is 0 Å². The molecule has 1 atom stereocenters. The van der Waals surface area contributed by atoms with Crippen LogP contribution in [-0.2, 0) is 9.53 Å². The third-order valence-corrected chi connectivity index (χ3v) is 2.53. The zero-order valence-corrected chi connectivity index (χ0v) is 10.7. The number of hydrogen-bond acceptors (Lipinski definition) is 3. The summed E-state index contributed by atoms with van der Waals surface area (Å²) in [6.45, 7) is 4.23. The van der Waals surface area contributed by atoms with Gasteiger partial charge in [0.2, 0.25) is 0 Å². The van der Waals surface area contributed by atoms with E-state index >= 15 is 0 Å². The van der Waals surface area contributed by atoms with Gasteiger partial charge in [-0.3, -0.25) is 4.79 Å². The second-order valence-corrected chi connectivity index (χ2v) is 4.38. The van der Waals surface area contributed by atoms with Crippen LogP contribution >= 0.6 is 0 Å². The van der Waals surface area contributed by atoms with Gasteiger partial charge in [-0.1, -0.05) is 39.0 Å². The highest BCUT2D eigenvalue weighted by Gasteiger charge is 2.03. The molecule has 0 aliphatic rings. The van der Waals surface area contributed by atoms with Gasteiger partial charge in [0, 0.05) is 12.8 Å². The van der Waals surface area contributed by atoms with Crippen molar-refractivity contribution in [1.29, 1.82) is 0 Å². The van der Waals surface area contributed by atoms with Crippen molar-refractivity contribution >= 4 is 5.97 Å². The fourth-order valence-electron chi connectivity index (χ4n) is 1.47. The molecule has 0 aliphatic heterocycles. The molecule has 0 saturated heterocycles. The molecule has 0 heterocycles. The Kier molecular flexibility index (Phi) is 10.5. The van der Waals surface area contributed by atoms with Gasteiger partial charge in [-0.2, -0.15) is 0 Å². The number of aliphatic hydroxyl groups is 1. The number of unbranched alkanes of at least 4 members (excludes halogenated alkanes) is 5. The summed E-state index contributed by atoms with van der Waals surface area (Å²) in [5.41, 5.74) is 0. The fourth-order valence-corrected chi connectivity index (χ4v) is 1.47. The molecular weight excluding hydrogens is 204 g/mol. The van der Waals surface area contributed by atoms with Gasteiger partial charge in [-0.25, -0.2) is 0 Å². The van der Waals surface area contributed by atoms with E-state index in [1.54, 1.807) is 6.92 Å². The van der Waals surface area contributed by atoms with Crippen molar-refractivity contribution < 1.29 is 14.6 Å². The van der Waals surface area contributed by atoms with Gasteiger partial charge in [0.05, 0.1) is 12.7 Å². The normalized spacial score (nSPS) is 12.4. The van der Waals surface area contributed by atoms with E-state index in [-0.39, 0.29) is 12.1 Å². The summed E-state index contributed by atoms with van der Waals surface area (Å²) in [4.78, 5) is 11.2. The van der Waals surface area contributed by atoms with E-state index < -0.39 is 0 Å². The van der Waals surface area contributed by atoms with Gasteiger partial charge in [0.1, 0.15) is 0 Å². The smallest absolute Gasteiger partial charge is 0.305 e. The number of ether oxygens (including phenoxy) is 1. The van der Waals surface area contributed by atoms with Crippen LogP contribution < -0.4 is 0 Å². The molecule has 0 saturated carbocycles. The number of rotatable bonds is 10. The Balaban J connectivity index is 3.17. The summed E-state index contributed by atoms with van der Waals surface area (Å²) in [5.74, 6) is -0.129. The fraction of sp³-hybridized carbons (Fsp3) is 0.923. The maximum absolute atomic E-state index is 11.2. The lowest BCUT2D eigenvalue weighted by atomic mass is 10.1. The second kappa shape index (κ2) is 10.9. The molecule has 96 valence electrons. The summed E-state index contributed by atoms with van der Waals surface area (Å²) < 4.78 is 4.98. The van der Waals surface area contributed by atoms with Crippen LogP contribution in [0.4, 0.5) is 0 Å². The van der Waals surface area contributed by atoms with Crippen molar-refractivity contribution in [2.45, 2.75) is 71.3 Å². The largest absolute Gasteiger partial charge is 0.466 e. The van der Waals surface area contributed by atoms with E-state index in [9.17, 15) is 4.79 Å². The van der Waals surface area contributed by atoms with Gasteiger partial charge >= 0.3 is 5.97 Å². The number of hydrogen-bond donors (Lipinski definition) is 1. The van der Waals surface area contributed by atoms with Gasteiger partial charge in [0.25, 0.3) is 0 Å². The van der Waals surface area contributed by atoms with Crippen molar-refractivity contribution in [3.63, 3.8) is 0 Å². The minimum absolute atomic E-state index is 0.129. The van der Waals surface area contributed by atoms with E-state index in [1.165, 1.54) is 25.7 Å². The first-order chi connectivity index (χ1) is 7.66. The van der Waals surface area contributed by atoms with E-state index in [1.807, 2.05) is 0 Å². The third-order valence-electron chi connectivity index (χ3n) is 2.53. The van der Waals surface area contributed by atoms with E-state index in [2.05, 4.69) is 6.92 Å². The van der Waals surface area contributed by atoms with Gasteiger partial charge < -0.3 is 9.84 Å². The molecule has 1 unspecified atom stereocenters. The van der Waals surface area contributed by atoms with Crippen LogP contribution in [-0.4, -0.2) is 23.8 Å². The highest BCUT2D eigenvalue weighted by Crippen LogP contribution is 2.07. The molecule has 0 spiro atoms. The lowest BCUT2D eigenvalue weighted by Gasteiger charge is -2.06. The van der Waals surface area contributed by atoms with Crippen LogP contribution in [0.5, 0.6) is 0 Å². The molecule has 0 radical (unpaired) electrons. The summed E-state index contributed by atoms with van der Waals surface area (Å²) in [7, 11) is 0. The number of esters is 1. The second-order valence-electron chi connectivity index (χ2n) is 4.38. The lowest BCUT2D eigenvalue weighted by Crippen LogP contribution is -2.10. The average Bonchev–Trinajstić information content (AvgIpc) is 2.22. The summed E-state index contributed by atoms with van der Waals surface area (Å²) in [6.07, 6.45) is 7.74. The molecule has 0 aromatic carbocycles. The van der Waals surface area contributed by atoms with Crippen molar-refractivity contribution in [3.8, 4) is 0 Å². The first-order valence-corrected chi connectivity index (χ1v) is 6.50. The highest BCUT2D eigenvalue weighted by molar-refractivity contribution is 5.69. The first-order valence-electron chi connectivity index (χ1n) is 6.50. The topological polar surface area (TPSA) is 46.5 Å². The monoisotopic (exact) mass is 230 g/mol. The van der Waals surface area contributed by atoms with Crippen LogP contribution in [0.15, 0.2) is 0 Å². The molecule has 0 aliphatic carbocycles. The highest BCUT2D eigenvalue weighted by atomic mass is 16.5. The summed E-state index contributed by atoms with van der Waals surface area (Å²) in [5, 5.41) is 8.97. The molecule has 3 nitrogen and oxygen atoms in total. The molecule has 1 N–H and O–H groups in total. The number of carbonyl (C=O) groups is 1. The Hall–Kier alpha value is -0.570. The Labute approximate surface area is 99.2 Å². The molecule has 0 aromatic rings. The predicted molar refractivity (Wildman–Crippen MR) is 65.2 cm³/mol. The van der Waals surface area contributed by atoms with Crippen molar-refractivity contribution in [1.82, 2.24) is 0 Å². The Morgan fingerprint density at radius 3 is 2.44 bits per heavy atom. The minimum Gasteiger partial charge on any atom is -0.466 e. The van der Waals surface area contributed by atoms with Gasteiger partial charge in [0.15, 0.2) is 0 Å². The maximum Gasteiger partial charge on any atom is 0.305 e. The zero-order chi connectivity index (χ0) is 12.2. The average molecular weight is 230 g/mol. The Bertz CT molecular complexity index is 167. The van der Waals surface area contributed by atoms with Crippen molar-refractivity contribution in [2.24, 2.45) is 0 Å². The maximum atomic E-state index is 11.2. The third kappa shape index (κ3) is 11.5. The molecule has 16 heavy (non-hydrogen) atoms. The quantitative estimate of drug-likeness (QED) is 0.463. The van der Waals surface area contributed by atoms with Gasteiger partial charge in [-0.15, -0.1) is 0 Å². The van der Waals surface area contributed by atoms with Crippen LogP contribution in [0.25, 0.3) is 0 Å². The van der Waals surface area contributed by atoms with Crippen molar-refractivity contribution in [2.75, 3.05) is 6.61 Å². The molecule has 0 bridgehead atoms. The SMILES string of the molecule is CCCCCCCCC(=O)OCCC(C)O. The molecule has 3 heteroatoms. The van der Waals surface area contributed by atoms with Crippen LogP contribution in [0.2, 0.25) is 0 Å². The van der Waals surface area contributed by atoms with E-state index in [0.717, 1.165) is 12.8 Å². The zero-order valence-electron chi connectivity index (χ0n) is 10.7. The first kappa shape index (κ1) is 15.4. The molecule has 0 fully saturated rings. The Morgan fingerprint density at radius 1 is 1.19 bits per heavy atom. The standard InChI is InChI=1S/C13H26O3/c1-3-4-5-6-7-8-9-13(15)16-11-10-12(2)14/h12,14H,3-11H2,1-2H3. The Morgan fingerprint density at radius 2 is 1.81 bits per heavy atom. The summed E-state index contributed by atoms with van der Waals surface area (Å²) in [6, 6.07) is 0. The van der Waals surface area contributed by atoms with Crippen LogP contribution in [0, 0.1) is 0 Å². The van der Waals surface area contributed by atoms with Crippen molar-refractivity contribution in [3.05, 3.63) is 0 Å². The van der Waals surface area contributed by atoms with E-state index in [0.29, 0.717) is 19.4 Å². The van der Waals surface area contributed by atoms with Crippen LogP contribution in [0.1, 0.15) is 65.2 Å². The minimum atomic E-state index is -0.387. The summed E-state index contributed by atoms with van der Waals surface area (Å²) >= 11 is 0. The van der Waals surface area contributed by atoms with E-state index in [4.69, 9.17) is 9.84 Å². The lowest BCUT2D eigenvalue weighted by molar-refractivity contribution is -0.144. The van der Waals surface area contributed by atoms with Gasteiger partial charge in [-0.05, 0) is 13.3 Å². The number of carbonyl (C=O) groups excluding carboxylic acids is 1. The predicted octanol–water partition coefficient (Wildman–Crippen LogP) is 3.05. The molecule has 0 aromatic heterocycles. The molecule has 0 rings (SSSR count). The molecular formula is C13H26O3.